The fraction of sp³-hybridized carbons (Fsp3) is 0.455. The molecule has 0 saturated carbocycles. The van der Waals surface area contributed by atoms with Crippen molar-refractivity contribution in [2.24, 2.45) is 0 Å². The molecule has 1 fully saturated rings. The molecule has 6 nitrogen and oxygen atoms in total. The Balaban J connectivity index is 1.55. The number of hydrogen-bond donors (Lipinski definition) is 2. The third-order valence-electron chi connectivity index (χ3n) is 5.43. The molecule has 1 saturated heterocycles. The zero-order valence-corrected chi connectivity index (χ0v) is 17.7. The van der Waals surface area contributed by atoms with Crippen LogP contribution in [0.2, 0.25) is 0 Å². The monoisotopic (exact) mass is 415 g/mol. The average molecular weight is 416 g/mol. The highest BCUT2D eigenvalue weighted by molar-refractivity contribution is 7.98. The van der Waals surface area contributed by atoms with Crippen LogP contribution in [-0.4, -0.2) is 59.8 Å². The van der Waals surface area contributed by atoms with Crippen LogP contribution >= 0.6 is 11.8 Å². The molecule has 0 radical (unpaired) electrons. The fourth-order valence-corrected chi connectivity index (χ4v) is 4.50. The Morgan fingerprint density at radius 2 is 2.10 bits per heavy atom. The van der Waals surface area contributed by atoms with Crippen LogP contribution in [0.25, 0.3) is 0 Å². The van der Waals surface area contributed by atoms with Crippen LogP contribution in [0.3, 0.4) is 0 Å². The quantitative estimate of drug-likeness (QED) is 0.613. The van der Waals surface area contributed by atoms with Gasteiger partial charge in [-0.3, -0.25) is 9.69 Å². The molecule has 2 heterocycles. The van der Waals surface area contributed by atoms with Gasteiger partial charge in [0, 0.05) is 43.0 Å². The van der Waals surface area contributed by atoms with Crippen molar-refractivity contribution in [2.75, 3.05) is 38.7 Å². The number of aliphatic hydroxyl groups is 1. The van der Waals surface area contributed by atoms with Crippen molar-refractivity contribution in [3.8, 4) is 0 Å². The fourth-order valence-electron chi connectivity index (χ4n) is 3.69. The van der Waals surface area contributed by atoms with Crippen LogP contribution in [-0.2, 0) is 15.3 Å². The van der Waals surface area contributed by atoms with Gasteiger partial charge in [0.2, 0.25) is 5.91 Å². The first-order valence-electron chi connectivity index (χ1n) is 9.94. The smallest absolute Gasteiger partial charge is 0.238 e. The molecule has 3 rings (SSSR count). The molecule has 1 amide bonds. The minimum absolute atomic E-state index is 0.0502. The zero-order chi connectivity index (χ0) is 20.5. The Hall–Kier alpha value is -1.93. The van der Waals surface area contributed by atoms with E-state index >= 15 is 0 Å². The van der Waals surface area contributed by atoms with Crippen molar-refractivity contribution < 1.29 is 14.6 Å². The second kappa shape index (κ2) is 10.7. The van der Waals surface area contributed by atoms with Gasteiger partial charge >= 0.3 is 0 Å². The summed E-state index contributed by atoms with van der Waals surface area (Å²) >= 11 is 1.67. The van der Waals surface area contributed by atoms with Crippen molar-refractivity contribution in [2.45, 2.75) is 35.6 Å². The van der Waals surface area contributed by atoms with Crippen molar-refractivity contribution in [3.63, 3.8) is 0 Å². The molecule has 0 unspecified atom stereocenters. The van der Waals surface area contributed by atoms with E-state index in [2.05, 4.69) is 21.3 Å². The number of nitrogens with one attached hydrogen (secondary N) is 1. The summed E-state index contributed by atoms with van der Waals surface area (Å²) in [5.74, 6) is 0.742. The molecule has 0 aliphatic carbocycles. The second-order valence-corrected chi connectivity index (χ2v) is 8.37. The molecule has 0 bridgehead atoms. The SMILES string of the molecule is CN(CC(=O)Nc1cccc(CSc2ccccn2)c1)C1(CCO)CCOCC1. The van der Waals surface area contributed by atoms with Gasteiger partial charge in [0.15, 0.2) is 0 Å². The Morgan fingerprint density at radius 1 is 1.28 bits per heavy atom. The first-order valence-corrected chi connectivity index (χ1v) is 10.9. The van der Waals surface area contributed by atoms with E-state index in [1.807, 2.05) is 43.4 Å². The zero-order valence-electron chi connectivity index (χ0n) is 16.8. The maximum atomic E-state index is 12.6. The summed E-state index contributed by atoms with van der Waals surface area (Å²) in [6.07, 6.45) is 4.10. The standard InChI is InChI=1S/C22H29N3O3S/c1-25(22(8-12-26)9-13-28-14-10-22)16-20(27)24-19-6-4-5-18(15-19)17-29-21-7-2-3-11-23-21/h2-7,11,15,26H,8-10,12-14,16-17H2,1H3,(H,24,27). The number of aromatic nitrogens is 1. The van der Waals surface area contributed by atoms with Gasteiger partial charge in [-0.2, -0.15) is 0 Å². The van der Waals surface area contributed by atoms with Crippen molar-refractivity contribution in [1.29, 1.82) is 0 Å². The molecule has 0 spiro atoms. The topological polar surface area (TPSA) is 74.7 Å². The lowest BCUT2D eigenvalue weighted by molar-refractivity contribution is -0.120. The molecular formula is C22H29N3O3S. The highest BCUT2D eigenvalue weighted by Gasteiger charge is 2.36. The maximum absolute atomic E-state index is 12.6. The van der Waals surface area contributed by atoms with Crippen molar-refractivity contribution in [1.82, 2.24) is 9.88 Å². The van der Waals surface area contributed by atoms with E-state index < -0.39 is 0 Å². The van der Waals surface area contributed by atoms with Crippen LogP contribution in [0.4, 0.5) is 5.69 Å². The number of carbonyl (C=O) groups is 1. The van der Waals surface area contributed by atoms with Crippen LogP contribution in [0.1, 0.15) is 24.8 Å². The van der Waals surface area contributed by atoms with Gasteiger partial charge in [-0.1, -0.05) is 18.2 Å². The summed E-state index contributed by atoms with van der Waals surface area (Å²) in [7, 11) is 1.96. The third kappa shape index (κ3) is 6.27. The number of aliphatic hydroxyl groups excluding tert-OH is 1. The second-order valence-electron chi connectivity index (χ2n) is 7.37. The average Bonchev–Trinajstić information content (AvgIpc) is 2.74. The Kier molecular flexibility index (Phi) is 8.06. The number of likely N-dealkylation sites (N-methyl/N-ethyl adjacent to an activating group) is 1. The molecule has 1 aromatic heterocycles. The van der Waals surface area contributed by atoms with E-state index in [0.717, 1.165) is 34.9 Å². The van der Waals surface area contributed by atoms with Gasteiger partial charge in [-0.25, -0.2) is 4.98 Å². The van der Waals surface area contributed by atoms with Gasteiger partial charge in [-0.05, 0) is 56.1 Å². The van der Waals surface area contributed by atoms with E-state index in [4.69, 9.17) is 4.74 Å². The Bertz CT molecular complexity index is 776. The van der Waals surface area contributed by atoms with Crippen LogP contribution in [0.15, 0.2) is 53.7 Å². The molecule has 1 aliphatic heterocycles. The number of ether oxygens (including phenoxy) is 1. The minimum Gasteiger partial charge on any atom is -0.396 e. The van der Waals surface area contributed by atoms with E-state index in [1.54, 1.807) is 18.0 Å². The Labute approximate surface area is 176 Å². The van der Waals surface area contributed by atoms with Crippen LogP contribution in [0.5, 0.6) is 0 Å². The summed E-state index contributed by atoms with van der Waals surface area (Å²) in [6, 6.07) is 13.8. The van der Waals surface area contributed by atoms with Gasteiger partial charge in [0.05, 0.1) is 11.6 Å². The first kappa shape index (κ1) is 21.8. The van der Waals surface area contributed by atoms with E-state index in [0.29, 0.717) is 19.6 Å². The van der Waals surface area contributed by atoms with Crippen molar-refractivity contribution in [3.05, 3.63) is 54.2 Å². The molecule has 7 heteroatoms. The summed E-state index contributed by atoms with van der Waals surface area (Å²) in [4.78, 5) is 19.0. The predicted molar refractivity (Wildman–Crippen MR) is 116 cm³/mol. The number of hydrogen-bond acceptors (Lipinski definition) is 6. The van der Waals surface area contributed by atoms with Gasteiger partial charge in [0.25, 0.3) is 0 Å². The van der Waals surface area contributed by atoms with E-state index in [1.165, 1.54) is 0 Å². The summed E-state index contributed by atoms with van der Waals surface area (Å²) in [5, 5.41) is 13.5. The van der Waals surface area contributed by atoms with Crippen LogP contribution in [0, 0.1) is 0 Å². The van der Waals surface area contributed by atoms with Gasteiger partial charge in [-0.15, -0.1) is 11.8 Å². The molecular weight excluding hydrogens is 386 g/mol. The number of anilines is 1. The molecule has 29 heavy (non-hydrogen) atoms. The largest absolute Gasteiger partial charge is 0.396 e. The minimum atomic E-state index is -0.175. The normalized spacial score (nSPS) is 16.0. The van der Waals surface area contributed by atoms with E-state index in [-0.39, 0.29) is 24.6 Å². The lowest BCUT2D eigenvalue weighted by atomic mass is 9.85. The molecule has 2 N–H and O–H groups in total. The number of carbonyl (C=O) groups excluding carboxylic acids is 1. The number of amides is 1. The number of thioether (sulfide) groups is 1. The molecule has 1 aliphatic rings. The van der Waals surface area contributed by atoms with Crippen LogP contribution < -0.4 is 5.32 Å². The number of rotatable bonds is 9. The van der Waals surface area contributed by atoms with Gasteiger partial charge < -0.3 is 15.2 Å². The lowest BCUT2D eigenvalue weighted by Gasteiger charge is -2.44. The maximum Gasteiger partial charge on any atom is 0.238 e. The van der Waals surface area contributed by atoms with Gasteiger partial charge in [0.1, 0.15) is 0 Å². The number of pyridine rings is 1. The number of benzene rings is 1. The summed E-state index contributed by atoms with van der Waals surface area (Å²) < 4.78 is 5.47. The van der Waals surface area contributed by atoms with Crippen molar-refractivity contribution >= 4 is 23.4 Å². The Morgan fingerprint density at radius 3 is 2.83 bits per heavy atom. The highest BCUT2D eigenvalue weighted by Crippen LogP contribution is 2.30. The lowest BCUT2D eigenvalue weighted by Crippen LogP contribution is -2.53. The number of nitrogens with zero attached hydrogens (tertiary/aromatic N) is 2. The summed E-state index contributed by atoms with van der Waals surface area (Å²) in [5.41, 5.74) is 1.75. The highest BCUT2D eigenvalue weighted by atomic mass is 32.2. The molecule has 2 aromatic rings. The first-order chi connectivity index (χ1) is 14.1. The van der Waals surface area contributed by atoms with E-state index in [9.17, 15) is 9.90 Å². The third-order valence-corrected chi connectivity index (χ3v) is 6.44. The predicted octanol–water partition coefficient (Wildman–Crippen LogP) is 3.18. The summed E-state index contributed by atoms with van der Waals surface area (Å²) in [6.45, 7) is 1.73. The molecule has 1 aromatic carbocycles. The molecule has 0 atom stereocenters. The molecule has 156 valence electrons.